The van der Waals surface area contributed by atoms with Gasteiger partial charge in [-0.25, -0.2) is 0 Å². The molecule has 0 bridgehead atoms. The van der Waals surface area contributed by atoms with E-state index in [9.17, 15) is 0 Å². The molecule has 0 heterocycles. The fourth-order valence-electron chi connectivity index (χ4n) is 6.99. The van der Waals surface area contributed by atoms with E-state index in [0.29, 0.717) is 0 Å². The first kappa shape index (κ1) is 43.0. The van der Waals surface area contributed by atoms with Crippen LogP contribution in [-0.4, -0.2) is 5.54 Å². The predicted octanol–water partition coefficient (Wildman–Crippen LogP) is 15.6. The van der Waals surface area contributed by atoms with Crippen LogP contribution in [0.3, 0.4) is 0 Å². The van der Waals surface area contributed by atoms with Crippen molar-refractivity contribution in [1.82, 2.24) is 0 Å². The molecule has 260 valence electrons. The molecule has 0 aromatic rings. The van der Waals surface area contributed by atoms with Gasteiger partial charge in [-0.3, -0.25) is 0 Å². The molecule has 0 atom stereocenters. The van der Waals surface area contributed by atoms with Crippen molar-refractivity contribution in [2.75, 3.05) is 0 Å². The van der Waals surface area contributed by atoms with Crippen molar-refractivity contribution in [3.63, 3.8) is 0 Å². The van der Waals surface area contributed by atoms with Gasteiger partial charge in [-0.15, -0.1) is 0 Å². The summed E-state index contributed by atoms with van der Waals surface area (Å²) < 4.78 is 0. The van der Waals surface area contributed by atoms with Gasteiger partial charge >= 0.3 is 0 Å². The van der Waals surface area contributed by atoms with E-state index in [2.05, 4.69) is 20.8 Å². The smallest absolute Gasteiger partial charge is 0.0125 e. The molecule has 0 amide bonds. The molecular weight excluding hydrogens is 518 g/mol. The number of unbranched alkanes of at least 4 members (excludes halogenated alkanes) is 34. The Hall–Kier alpha value is -0.0400. The van der Waals surface area contributed by atoms with Crippen molar-refractivity contribution < 1.29 is 0 Å². The molecule has 0 saturated heterocycles. The van der Waals surface area contributed by atoms with Crippen molar-refractivity contribution in [1.29, 1.82) is 0 Å². The van der Waals surface area contributed by atoms with Gasteiger partial charge < -0.3 is 5.73 Å². The summed E-state index contributed by atoms with van der Waals surface area (Å²) in [7, 11) is 0. The van der Waals surface area contributed by atoms with E-state index in [-0.39, 0.29) is 5.54 Å². The normalized spacial score (nSPS) is 12.0. The van der Waals surface area contributed by atoms with E-state index in [4.69, 9.17) is 5.73 Å². The van der Waals surface area contributed by atoms with Gasteiger partial charge in [0.2, 0.25) is 0 Å². The summed E-state index contributed by atoms with van der Waals surface area (Å²) in [6, 6.07) is 0. The molecule has 0 rings (SSSR count). The van der Waals surface area contributed by atoms with Crippen LogP contribution in [0.5, 0.6) is 0 Å². The number of hydrogen-bond acceptors (Lipinski definition) is 1. The van der Waals surface area contributed by atoms with Crippen LogP contribution in [0.4, 0.5) is 0 Å². The first-order valence-corrected chi connectivity index (χ1v) is 20.9. The maximum Gasteiger partial charge on any atom is 0.0125 e. The average molecular weight is 606 g/mol. The monoisotopic (exact) mass is 606 g/mol. The van der Waals surface area contributed by atoms with Gasteiger partial charge in [0.05, 0.1) is 0 Å². The lowest BCUT2D eigenvalue weighted by Crippen LogP contribution is -2.35. The van der Waals surface area contributed by atoms with Crippen LogP contribution < -0.4 is 5.73 Å². The molecule has 1 nitrogen and oxygen atoms in total. The van der Waals surface area contributed by atoms with Crippen LogP contribution in [0.2, 0.25) is 0 Å². The van der Waals surface area contributed by atoms with Crippen LogP contribution >= 0.6 is 0 Å². The summed E-state index contributed by atoms with van der Waals surface area (Å²) in [4.78, 5) is 0. The Morgan fingerprint density at radius 2 is 0.395 bits per heavy atom. The maximum atomic E-state index is 6.66. The minimum atomic E-state index is 0.0735. The standard InChI is InChI=1S/C42H87N/c1-4-6-8-10-12-14-16-18-20-22-24-26-28-30-32-34-36-38-40-42(3,43)41-39-37-35-33-31-29-27-25-23-21-19-17-15-13-11-9-7-5-2/h4-41,43H2,1-3H3. The third-order valence-corrected chi connectivity index (χ3v) is 10.2. The number of nitrogens with two attached hydrogens (primary N) is 1. The highest BCUT2D eigenvalue weighted by atomic mass is 14.7. The van der Waals surface area contributed by atoms with E-state index in [0.717, 1.165) is 0 Å². The molecule has 0 aliphatic carbocycles. The van der Waals surface area contributed by atoms with E-state index >= 15 is 0 Å². The molecule has 0 radical (unpaired) electrons. The minimum Gasteiger partial charge on any atom is -0.325 e. The summed E-state index contributed by atoms with van der Waals surface area (Å²) in [6.07, 6.45) is 54.6. The third kappa shape index (κ3) is 38.1. The van der Waals surface area contributed by atoms with Gasteiger partial charge in [-0.2, -0.15) is 0 Å². The highest BCUT2D eigenvalue weighted by Gasteiger charge is 2.16. The van der Waals surface area contributed by atoms with Crippen LogP contribution in [0.25, 0.3) is 0 Å². The fraction of sp³-hybridized carbons (Fsp3) is 1.00. The predicted molar refractivity (Wildman–Crippen MR) is 199 cm³/mol. The number of hydrogen-bond donors (Lipinski definition) is 1. The third-order valence-electron chi connectivity index (χ3n) is 10.2. The molecule has 0 aromatic heterocycles. The van der Waals surface area contributed by atoms with Gasteiger partial charge in [0.15, 0.2) is 0 Å². The van der Waals surface area contributed by atoms with Crippen LogP contribution in [0.1, 0.15) is 265 Å². The van der Waals surface area contributed by atoms with Crippen molar-refractivity contribution in [2.24, 2.45) is 5.73 Å². The SMILES string of the molecule is CCCCCCCCCCCCCCCCCCCCC(C)(N)CCCCCCCCCCCCCCCCCCCC. The van der Waals surface area contributed by atoms with Crippen molar-refractivity contribution >= 4 is 0 Å². The lowest BCUT2D eigenvalue weighted by Gasteiger charge is -2.24. The van der Waals surface area contributed by atoms with Crippen molar-refractivity contribution in [2.45, 2.75) is 270 Å². The highest BCUT2D eigenvalue weighted by Crippen LogP contribution is 2.21. The topological polar surface area (TPSA) is 26.0 Å². The van der Waals surface area contributed by atoms with Crippen molar-refractivity contribution in [3.8, 4) is 0 Å². The lowest BCUT2D eigenvalue weighted by atomic mass is 9.89. The van der Waals surface area contributed by atoms with Crippen molar-refractivity contribution in [3.05, 3.63) is 0 Å². The average Bonchev–Trinajstić information content (AvgIpc) is 3.00. The quantitative estimate of drug-likeness (QED) is 0.0696. The molecule has 0 aliphatic heterocycles. The molecule has 0 aliphatic rings. The Morgan fingerprint density at radius 1 is 0.256 bits per heavy atom. The molecule has 0 saturated carbocycles. The Balaban J connectivity index is 3.25. The molecule has 0 unspecified atom stereocenters. The second-order valence-corrected chi connectivity index (χ2v) is 15.2. The van der Waals surface area contributed by atoms with Gasteiger partial charge in [0.1, 0.15) is 0 Å². The zero-order valence-corrected chi connectivity index (χ0v) is 30.9. The summed E-state index contributed by atoms with van der Waals surface area (Å²) in [5, 5.41) is 0. The first-order valence-electron chi connectivity index (χ1n) is 20.9. The van der Waals surface area contributed by atoms with E-state index in [1.165, 1.54) is 244 Å². The highest BCUT2D eigenvalue weighted by molar-refractivity contribution is 4.78. The Kier molecular flexibility index (Phi) is 36.4. The Bertz CT molecular complexity index is 441. The van der Waals surface area contributed by atoms with Crippen LogP contribution in [0.15, 0.2) is 0 Å². The van der Waals surface area contributed by atoms with Gasteiger partial charge in [0.25, 0.3) is 0 Å². The molecule has 0 spiro atoms. The Labute approximate surface area is 275 Å². The van der Waals surface area contributed by atoms with Gasteiger partial charge in [0, 0.05) is 5.54 Å². The fourth-order valence-corrected chi connectivity index (χ4v) is 6.99. The maximum absolute atomic E-state index is 6.66. The molecule has 43 heavy (non-hydrogen) atoms. The molecule has 2 N–H and O–H groups in total. The lowest BCUT2D eigenvalue weighted by molar-refractivity contribution is 0.363. The summed E-state index contributed by atoms with van der Waals surface area (Å²) >= 11 is 0. The number of rotatable bonds is 38. The van der Waals surface area contributed by atoms with Crippen LogP contribution in [0, 0.1) is 0 Å². The molecular formula is C42H87N. The van der Waals surface area contributed by atoms with E-state index < -0.39 is 0 Å². The molecule has 1 heteroatoms. The summed E-state index contributed by atoms with van der Waals surface area (Å²) in [5.74, 6) is 0. The minimum absolute atomic E-state index is 0.0735. The largest absolute Gasteiger partial charge is 0.325 e. The molecule has 0 fully saturated rings. The van der Waals surface area contributed by atoms with Gasteiger partial charge in [-0.1, -0.05) is 245 Å². The van der Waals surface area contributed by atoms with Crippen LogP contribution in [-0.2, 0) is 0 Å². The summed E-state index contributed by atoms with van der Waals surface area (Å²) in [6.45, 7) is 6.93. The zero-order valence-electron chi connectivity index (χ0n) is 30.9. The second kappa shape index (κ2) is 36.4. The van der Waals surface area contributed by atoms with E-state index in [1.807, 2.05) is 0 Å². The Morgan fingerprint density at radius 3 is 0.558 bits per heavy atom. The summed E-state index contributed by atoms with van der Waals surface area (Å²) in [5.41, 5.74) is 6.73. The second-order valence-electron chi connectivity index (χ2n) is 15.2. The van der Waals surface area contributed by atoms with E-state index in [1.54, 1.807) is 0 Å². The van der Waals surface area contributed by atoms with Gasteiger partial charge in [-0.05, 0) is 19.8 Å². The molecule has 0 aromatic carbocycles. The zero-order chi connectivity index (χ0) is 31.4. The first-order chi connectivity index (χ1) is 21.1.